The van der Waals surface area contributed by atoms with E-state index in [0.717, 1.165) is 44.0 Å². The summed E-state index contributed by atoms with van der Waals surface area (Å²) in [6.45, 7) is 5.51. The van der Waals surface area contributed by atoms with Crippen LogP contribution in [0, 0.1) is 0 Å². The third-order valence-electron chi connectivity index (χ3n) is 3.55. The number of morpholine rings is 1. The molecule has 0 aliphatic carbocycles. The molecule has 112 valence electrons. The van der Waals surface area contributed by atoms with Gasteiger partial charge in [-0.2, -0.15) is 0 Å². The highest BCUT2D eigenvalue weighted by Crippen LogP contribution is 2.24. The van der Waals surface area contributed by atoms with Crippen molar-refractivity contribution in [1.82, 2.24) is 15.2 Å². The normalized spacial score (nSPS) is 21.6. The lowest BCUT2D eigenvalue weighted by molar-refractivity contribution is -0.0381. The lowest BCUT2D eigenvalue weighted by Crippen LogP contribution is -2.46. The van der Waals surface area contributed by atoms with Crippen LogP contribution in [0.2, 0.25) is 0 Å². The van der Waals surface area contributed by atoms with Gasteiger partial charge < -0.3 is 19.7 Å². The minimum Gasteiger partial charge on any atom is -0.492 e. The van der Waals surface area contributed by atoms with E-state index in [-0.39, 0.29) is 12.1 Å². The SMILES string of the molecule is CCCOc1cncc(C(NC)C2CN(C)CCO2)c1. The van der Waals surface area contributed by atoms with Gasteiger partial charge in [-0.15, -0.1) is 0 Å². The number of rotatable bonds is 6. The van der Waals surface area contributed by atoms with Crippen LogP contribution in [0.25, 0.3) is 0 Å². The standard InChI is InChI=1S/C15H25N3O2/c1-4-6-19-13-8-12(9-17-10-13)15(16-2)14-11-18(3)5-7-20-14/h8-10,14-16H,4-7,11H2,1-3H3. The number of nitrogens with zero attached hydrogens (tertiary/aromatic N) is 2. The highest BCUT2D eigenvalue weighted by molar-refractivity contribution is 5.27. The van der Waals surface area contributed by atoms with Crippen LogP contribution in [0.5, 0.6) is 5.75 Å². The van der Waals surface area contributed by atoms with Crippen molar-refractivity contribution in [3.8, 4) is 5.75 Å². The molecule has 0 amide bonds. The second kappa shape index (κ2) is 7.57. The third kappa shape index (κ3) is 3.91. The lowest BCUT2D eigenvalue weighted by Gasteiger charge is -2.35. The molecule has 5 heteroatoms. The smallest absolute Gasteiger partial charge is 0.137 e. The predicted octanol–water partition coefficient (Wildman–Crippen LogP) is 1.46. The monoisotopic (exact) mass is 279 g/mol. The zero-order valence-electron chi connectivity index (χ0n) is 12.6. The Kier molecular flexibility index (Phi) is 5.76. The maximum absolute atomic E-state index is 5.90. The van der Waals surface area contributed by atoms with E-state index in [1.807, 2.05) is 13.2 Å². The van der Waals surface area contributed by atoms with Gasteiger partial charge in [-0.25, -0.2) is 0 Å². The summed E-state index contributed by atoms with van der Waals surface area (Å²) in [5, 5.41) is 3.34. The Hall–Kier alpha value is -1.17. The van der Waals surface area contributed by atoms with E-state index in [0.29, 0.717) is 0 Å². The van der Waals surface area contributed by atoms with Crippen LogP contribution < -0.4 is 10.1 Å². The van der Waals surface area contributed by atoms with Crippen LogP contribution in [-0.2, 0) is 4.74 Å². The number of pyridine rings is 1. The van der Waals surface area contributed by atoms with Crippen molar-refractivity contribution in [1.29, 1.82) is 0 Å². The molecule has 1 N–H and O–H groups in total. The minimum atomic E-state index is 0.135. The van der Waals surface area contributed by atoms with E-state index < -0.39 is 0 Å². The van der Waals surface area contributed by atoms with Crippen molar-refractivity contribution < 1.29 is 9.47 Å². The van der Waals surface area contributed by atoms with E-state index in [1.165, 1.54) is 0 Å². The average Bonchev–Trinajstić information content (AvgIpc) is 2.46. The quantitative estimate of drug-likeness (QED) is 0.854. The summed E-state index contributed by atoms with van der Waals surface area (Å²) in [6.07, 6.45) is 4.79. The fraction of sp³-hybridized carbons (Fsp3) is 0.667. The number of hydrogen-bond donors (Lipinski definition) is 1. The molecular weight excluding hydrogens is 254 g/mol. The number of ether oxygens (including phenoxy) is 2. The maximum Gasteiger partial charge on any atom is 0.137 e. The van der Waals surface area contributed by atoms with Crippen molar-refractivity contribution in [2.24, 2.45) is 0 Å². The van der Waals surface area contributed by atoms with Gasteiger partial charge in [0, 0.05) is 19.3 Å². The van der Waals surface area contributed by atoms with E-state index in [1.54, 1.807) is 6.20 Å². The van der Waals surface area contributed by atoms with Gasteiger partial charge in [-0.05, 0) is 32.1 Å². The van der Waals surface area contributed by atoms with Crippen LogP contribution in [0.1, 0.15) is 24.9 Å². The van der Waals surface area contributed by atoms with Crippen LogP contribution in [0.3, 0.4) is 0 Å². The molecule has 0 saturated carbocycles. The molecule has 0 radical (unpaired) electrons. The fourth-order valence-corrected chi connectivity index (χ4v) is 2.48. The Labute approximate surface area is 121 Å². The van der Waals surface area contributed by atoms with Gasteiger partial charge in [0.25, 0.3) is 0 Å². The first-order valence-electron chi connectivity index (χ1n) is 7.29. The molecular formula is C15H25N3O2. The Bertz CT molecular complexity index is 414. The van der Waals surface area contributed by atoms with Crippen molar-refractivity contribution in [2.45, 2.75) is 25.5 Å². The molecule has 1 aliphatic heterocycles. The zero-order valence-corrected chi connectivity index (χ0v) is 12.6. The second-order valence-corrected chi connectivity index (χ2v) is 5.24. The molecule has 1 aliphatic rings. The first kappa shape index (κ1) is 15.2. The van der Waals surface area contributed by atoms with Crippen molar-refractivity contribution in [3.05, 3.63) is 24.0 Å². The van der Waals surface area contributed by atoms with Crippen molar-refractivity contribution in [2.75, 3.05) is 40.4 Å². The summed E-state index contributed by atoms with van der Waals surface area (Å²) >= 11 is 0. The third-order valence-corrected chi connectivity index (χ3v) is 3.55. The van der Waals surface area contributed by atoms with E-state index >= 15 is 0 Å². The Morgan fingerprint density at radius 3 is 3.10 bits per heavy atom. The molecule has 2 atom stereocenters. The summed E-state index contributed by atoms with van der Waals surface area (Å²) in [5.41, 5.74) is 1.11. The van der Waals surface area contributed by atoms with Gasteiger partial charge in [0.2, 0.25) is 0 Å². The molecule has 2 rings (SSSR count). The predicted molar refractivity (Wildman–Crippen MR) is 79.1 cm³/mol. The highest BCUT2D eigenvalue weighted by Gasteiger charge is 2.27. The van der Waals surface area contributed by atoms with Gasteiger partial charge in [0.1, 0.15) is 5.75 Å². The van der Waals surface area contributed by atoms with Gasteiger partial charge in [0.05, 0.1) is 31.6 Å². The lowest BCUT2D eigenvalue weighted by atomic mass is 10.0. The molecule has 2 unspecified atom stereocenters. The largest absolute Gasteiger partial charge is 0.492 e. The van der Waals surface area contributed by atoms with Crippen molar-refractivity contribution in [3.63, 3.8) is 0 Å². The summed E-state index contributed by atoms with van der Waals surface area (Å²) in [4.78, 5) is 6.58. The number of aromatic nitrogens is 1. The number of nitrogens with one attached hydrogen (secondary N) is 1. The summed E-state index contributed by atoms with van der Waals surface area (Å²) in [6, 6.07) is 2.19. The molecule has 1 aromatic rings. The van der Waals surface area contributed by atoms with E-state index in [4.69, 9.17) is 9.47 Å². The summed E-state index contributed by atoms with van der Waals surface area (Å²) in [5.74, 6) is 0.828. The first-order valence-corrected chi connectivity index (χ1v) is 7.29. The maximum atomic E-state index is 5.90. The zero-order chi connectivity index (χ0) is 14.4. The highest BCUT2D eigenvalue weighted by atomic mass is 16.5. The van der Waals surface area contributed by atoms with Gasteiger partial charge in [-0.1, -0.05) is 6.92 Å². The molecule has 5 nitrogen and oxygen atoms in total. The Morgan fingerprint density at radius 1 is 1.55 bits per heavy atom. The second-order valence-electron chi connectivity index (χ2n) is 5.24. The number of hydrogen-bond acceptors (Lipinski definition) is 5. The fourth-order valence-electron chi connectivity index (χ4n) is 2.48. The summed E-state index contributed by atoms with van der Waals surface area (Å²) in [7, 11) is 4.09. The van der Waals surface area contributed by atoms with E-state index in [2.05, 4.69) is 35.2 Å². The molecule has 0 spiro atoms. The van der Waals surface area contributed by atoms with Crippen LogP contribution >= 0.6 is 0 Å². The number of likely N-dealkylation sites (N-methyl/N-ethyl adjacent to an activating group) is 2. The van der Waals surface area contributed by atoms with Crippen LogP contribution in [-0.4, -0.2) is 56.4 Å². The topological polar surface area (TPSA) is 46.6 Å². The minimum absolute atomic E-state index is 0.135. The molecule has 0 aromatic carbocycles. The van der Waals surface area contributed by atoms with Gasteiger partial charge in [0.15, 0.2) is 0 Å². The van der Waals surface area contributed by atoms with Crippen LogP contribution in [0.4, 0.5) is 0 Å². The van der Waals surface area contributed by atoms with Gasteiger partial charge >= 0.3 is 0 Å². The molecule has 0 bridgehead atoms. The molecule has 20 heavy (non-hydrogen) atoms. The molecule has 1 aromatic heterocycles. The average molecular weight is 279 g/mol. The Balaban J connectivity index is 2.09. The first-order chi connectivity index (χ1) is 9.74. The van der Waals surface area contributed by atoms with Crippen molar-refractivity contribution >= 4 is 0 Å². The van der Waals surface area contributed by atoms with Gasteiger partial charge in [-0.3, -0.25) is 4.98 Å². The molecule has 1 fully saturated rings. The van der Waals surface area contributed by atoms with E-state index in [9.17, 15) is 0 Å². The Morgan fingerprint density at radius 2 is 2.40 bits per heavy atom. The summed E-state index contributed by atoms with van der Waals surface area (Å²) < 4.78 is 11.6. The molecule has 2 heterocycles. The van der Waals surface area contributed by atoms with Crippen LogP contribution in [0.15, 0.2) is 18.5 Å². The molecule has 1 saturated heterocycles.